The first-order valence-electron chi connectivity index (χ1n) is 12.9. The second kappa shape index (κ2) is 10.6. The molecule has 0 N–H and O–H groups in total. The molecule has 3 aromatic carbocycles. The topological polar surface area (TPSA) is 75.4 Å². The minimum atomic E-state index is -0.0269. The summed E-state index contributed by atoms with van der Waals surface area (Å²) in [5.74, 6) is 1.12. The molecule has 1 aliphatic heterocycles. The average molecular weight is 504 g/mol. The third-order valence-electron chi connectivity index (χ3n) is 7.25. The van der Waals surface area contributed by atoms with Crippen molar-refractivity contribution in [2.75, 3.05) is 19.6 Å². The lowest BCUT2D eigenvalue weighted by Crippen LogP contribution is -2.56. The number of rotatable bonds is 6. The Morgan fingerprint density at radius 2 is 1.58 bits per heavy atom. The number of aryl methyl sites for hydroxylation is 1. The molecule has 0 aliphatic carbocycles. The van der Waals surface area contributed by atoms with E-state index in [1.165, 1.54) is 11.1 Å². The minimum Gasteiger partial charge on any atom is -0.426 e. The van der Waals surface area contributed by atoms with Crippen molar-refractivity contribution >= 4 is 16.7 Å². The summed E-state index contributed by atoms with van der Waals surface area (Å²) in [6.07, 6.45) is 4.04. The highest BCUT2D eigenvalue weighted by Gasteiger charge is 2.36. The van der Waals surface area contributed by atoms with Gasteiger partial charge in [-0.1, -0.05) is 84.9 Å². The van der Waals surface area contributed by atoms with Crippen molar-refractivity contribution in [3.8, 4) is 0 Å². The predicted molar refractivity (Wildman–Crippen MR) is 146 cm³/mol. The quantitative estimate of drug-likeness (QED) is 0.322. The van der Waals surface area contributed by atoms with Crippen molar-refractivity contribution in [1.29, 1.82) is 0 Å². The number of pyridine rings is 1. The average Bonchev–Trinajstić information content (AvgIpc) is 3.38. The molecule has 0 bridgehead atoms. The Balaban J connectivity index is 1.36. The third kappa shape index (κ3) is 4.80. The molecule has 0 saturated carbocycles. The minimum absolute atomic E-state index is 0.00312. The van der Waals surface area contributed by atoms with Crippen molar-refractivity contribution in [3.63, 3.8) is 0 Å². The summed E-state index contributed by atoms with van der Waals surface area (Å²) in [6.45, 7) is 3.66. The van der Waals surface area contributed by atoms with Gasteiger partial charge in [0, 0.05) is 56.8 Å². The van der Waals surface area contributed by atoms with Crippen LogP contribution in [-0.4, -0.2) is 56.6 Å². The molecule has 7 heteroatoms. The number of fused-ring (bicyclic) bond motifs is 1. The number of piperazine rings is 1. The molecule has 2 aromatic heterocycles. The van der Waals surface area contributed by atoms with Gasteiger partial charge in [-0.15, -0.1) is 10.2 Å². The second-order valence-corrected chi connectivity index (χ2v) is 9.69. The van der Waals surface area contributed by atoms with E-state index in [9.17, 15) is 4.79 Å². The van der Waals surface area contributed by atoms with Crippen LogP contribution >= 0.6 is 0 Å². The van der Waals surface area contributed by atoms with Crippen LogP contribution in [0.3, 0.4) is 0 Å². The number of aromatic nitrogens is 3. The molecular weight excluding hydrogens is 474 g/mol. The van der Waals surface area contributed by atoms with Gasteiger partial charge in [0.05, 0.1) is 11.6 Å². The van der Waals surface area contributed by atoms with E-state index in [2.05, 4.69) is 68.6 Å². The van der Waals surface area contributed by atoms with E-state index in [1.807, 2.05) is 41.3 Å². The van der Waals surface area contributed by atoms with Crippen LogP contribution in [0.1, 0.15) is 39.3 Å². The van der Waals surface area contributed by atoms with Gasteiger partial charge in [0.1, 0.15) is 0 Å². The Kier molecular flexibility index (Phi) is 6.67. The molecule has 0 radical (unpaired) electrons. The number of amides is 1. The fourth-order valence-electron chi connectivity index (χ4n) is 5.50. The number of nitrogens with zero attached hydrogens (tertiary/aromatic N) is 5. The van der Waals surface area contributed by atoms with E-state index in [0.29, 0.717) is 43.4 Å². The molecule has 1 unspecified atom stereocenters. The Morgan fingerprint density at radius 1 is 0.895 bits per heavy atom. The largest absolute Gasteiger partial charge is 0.426 e. The van der Waals surface area contributed by atoms with Crippen molar-refractivity contribution in [2.45, 2.75) is 25.4 Å². The smallest absolute Gasteiger partial charge is 0.256 e. The Hall–Kier alpha value is -4.36. The number of carbonyl (C=O) groups excluding carboxylic acids is 1. The molecule has 1 atom stereocenters. The molecule has 0 spiro atoms. The van der Waals surface area contributed by atoms with Crippen molar-refractivity contribution < 1.29 is 9.21 Å². The zero-order chi connectivity index (χ0) is 25.9. The first-order valence-corrected chi connectivity index (χ1v) is 12.9. The van der Waals surface area contributed by atoms with Crippen LogP contribution in [0.5, 0.6) is 0 Å². The standard InChI is InChI=1S/C31H29N5O2/c1-22-33-34-29(38-22)18-26-21-35(31(37)28-20-32-19-25-14-8-9-15-27(25)28)16-17-36(26)30(23-10-4-2-5-11-23)24-12-6-3-7-13-24/h2-15,19-20,26,30H,16-18,21H2,1H3. The first kappa shape index (κ1) is 24.0. The molecule has 38 heavy (non-hydrogen) atoms. The maximum atomic E-state index is 13.8. The second-order valence-electron chi connectivity index (χ2n) is 9.69. The van der Waals surface area contributed by atoms with Gasteiger partial charge in [-0.3, -0.25) is 14.7 Å². The zero-order valence-electron chi connectivity index (χ0n) is 21.3. The van der Waals surface area contributed by atoms with Crippen LogP contribution in [0, 0.1) is 6.92 Å². The lowest BCUT2D eigenvalue weighted by Gasteiger charge is -2.45. The van der Waals surface area contributed by atoms with Gasteiger partial charge in [0.2, 0.25) is 11.8 Å². The van der Waals surface area contributed by atoms with Crippen LogP contribution in [-0.2, 0) is 6.42 Å². The Labute approximate surface area is 221 Å². The van der Waals surface area contributed by atoms with Gasteiger partial charge in [-0.25, -0.2) is 0 Å². The van der Waals surface area contributed by atoms with Crippen molar-refractivity contribution in [2.24, 2.45) is 0 Å². The molecule has 7 nitrogen and oxygen atoms in total. The summed E-state index contributed by atoms with van der Waals surface area (Å²) in [5, 5.41) is 10.2. The molecule has 190 valence electrons. The maximum absolute atomic E-state index is 13.8. The summed E-state index contributed by atoms with van der Waals surface area (Å²) < 4.78 is 5.80. The molecule has 1 fully saturated rings. The van der Waals surface area contributed by atoms with E-state index in [4.69, 9.17) is 4.42 Å². The summed E-state index contributed by atoms with van der Waals surface area (Å²) in [7, 11) is 0. The fourth-order valence-corrected chi connectivity index (χ4v) is 5.50. The first-order chi connectivity index (χ1) is 18.7. The van der Waals surface area contributed by atoms with Crippen LogP contribution in [0.4, 0.5) is 0 Å². The van der Waals surface area contributed by atoms with Crippen LogP contribution in [0.2, 0.25) is 0 Å². The van der Waals surface area contributed by atoms with Crippen molar-refractivity contribution in [3.05, 3.63) is 126 Å². The van der Waals surface area contributed by atoms with Crippen LogP contribution in [0.15, 0.2) is 102 Å². The van der Waals surface area contributed by atoms with Gasteiger partial charge >= 0.3 is 0 Å². The number of carbonyl (C=O) groups is 1. The van der Waals surface area contributed by atoms with Crippen molar-refractivity contribution in [1.82, 2.24) is 25.0 Å². The number of benzene rings is 3. The van der Waals surface area contributed by atoms with E-state index in [1.54, 1.807) is 19.3 Å². The molecule has 5 aromatic rings. The van der Waals surface area contributed by atoms with E-state index < -0.39 is 0 Å². The monoisotopic (exact) mass is 503 g/mol. The van der Waals surface area contributed by atoms with E-state index in [-0.39, 0.29) is 18.0 Å². The third-order valence-corrected chi connectivity index (χ3v) is 7.25. The highest BCUT2D eigenvalue weighted by atomic mass is 16.4. The molecule has 1 aliphatic rings. The number of hydrogen-bond acceptors (Lipinski definition) is 6. The maximum Gasteiger partial charge on any atom is 0.256 e. The van der Waals surface area contributed by atoms with Crippen LogP contribution < -0.4 is 0 Å². The van der Waals surface area contributed by atoms with Gasteiger partial charge in [0.15, 0.2) is 0 Å². The lowest BCUT2D eigenvalue weighted by molar-refractivity contribution is 0.0368. The summed E-state index contributed by atoms with van der Waals surface area (Å²) in [5.41, 5.74) is 3.05. The predicted octanol–water partition coefficient (Wildman–Crippen LogP) is 5.08. The Morgan fingerprint density at radius 3 is 2.26 bits per heavy atom. The van der Waals surface area contributed by atoms with Gasteiger partial charge in [-0.2, -0.15) is 0 Å². The fraction of sp³-hybridized carbons (Fsp3) is 0.226. The van der Waals surface area contributed by atoms with Crippen LogP contribution in [0.25, 0.3) is 10.8 Å². The van der Waals surface area contributed by atoms with Gasteiger partial charge in [-0.05, 0) is 16.5 Å². The normalized spacial score (nSPS) is 16.3. The molecule has 6 rings (SSSR count). The number of hydrogen-bond donors (Lipinski definition) is 0. The molecular formula is C31H29N5O2. The van der Waals surface area contributed by atoms with Gasteiger partial charge in [0.25, 0.3) is 5.91 Å². The van der Waals surface area contributed by atoms with E-state index >= 15 is 0 Å². The summed E-state index contributed by atoms with van der Waals surface area (Å²) >= 11 is 0. The molecule has 3 heterocycles. The lowest BCUT2D eigenvalue weighted by atomic mass is 9.93. The van der Waals surface area contributed by atoms with Gasteiger partial charge < -0.3 is 9.32 Å². The van der Waals surface area contributed by atoms with E-state index in [0.717, 1.165) is 10.8 Å². The summed E-state index contributed by atoms with van der Waals surface area (Å²) in [6, 6.07) is 29.0. The molecule has 1 amide bonds. The highest BCUT2D eigenvalue weighted by molar-refractivity contribution is 6.06. The Bertz CT molecular complexity index is 1490. The highest BCUT2D eigenvalue weighted by Crippen LogP contribution is 2.33. The molecule has 1 saturated heterocycles. The SMILES string of the molecule is Cc1nnc(CC2CN(C(=O)c3cncc4ccccc34)CCN2C(c2ccccc2)c2ccccc2)o1. The zero-order valence-corrected chi connectivity index (χ0v) is 21.3. The summed E-state index contributed by atoms with van der Waals surface area (Å²) in [4.78, 5) is 22.6.